The summed E-state index contributed by atoms with van der Waals surface area (Å²) in [6, 6.07) is 8.80. The first kappa shape index (κ1) is 16.2. The molecular formula is C17H18N2O5. The monoisotopic (exact) mass is 330 g/mol. The van der Waals surface area contributed by atoms with Crippen molar-refractivity contribution in [3.8, 4) is 11.5 Å². The zero-order chi connectivity index (χ0) is 17.1. The number of aliphatic carboxylic acids is 1. The third-order valence-corrected chi connectivity index (χ3v) is 3.91. The maximum Gasteiger partial charge on any atom is 0.305 e. The van der Waals surface area contributed by atoms with Crippen LogP contribution in [0, 0.1) is 6.92 Å². The van der Waals surface area contributed by atoms with Crippen molar-refractivity contribution in [1.82, 2.24) is 9.88 Å². The number of ether oxygens (including phenoxy) is 1. The molecule has 1 aliphatic heterocycles. The van der Waals surface area contributed by atoms with Crippen LogP contribution in [0.25, 0.3) is 11.5 Å². The molecule has 1 aliphatic rings. The third kappa shape index (κ3) is 3.30. The molecule has 1 saturated heterocycles. The van der Waals surface area contributed by atoms with Gasteiger partial charge in [-0.05, 0) is 19.1 Å². The Morgan fingerprint density at radius 3 is 2.79 bits per heavy atom. The van der Waals surface area contributed by atoms with Crippen LogP contribution in [-0.2, 0) is 9.53 Å². The molecule has 0 radical (unpaired) electrons. The number of carboxylic acid groups (broad SMARTS) is 1. The smallest absolute Gasteiger partial charge is 0.305 e. The van der Waals surface area contributed by atoms with Crippen molar-refractivity contribution in [2.75, 3.05) is 19.8 Å². The van der Waals surface area contributed by atoms with Crippen LogP contribution in [0.3, 0.4) is 0 Å². The van der Waals surface area contributed by atoms with E-state index in [0.717, 1.165) is 5.56 Å². The summed E-state index contributed by atoms with van der Waals surface area (Å²) >= 11 is 0. The van der Waals surface area contributed by atoms with E-state index in [1.165, 1.54) is 4.90 Å². The van der Waals surface area contributed by atoms with Crippen LogP contribution >= 0.6 is 0 Å². The van der Waals surface area contributed by atoms with E-state index in [-0.39, 0.29) is 24.7 Å². The molecule has 2 heterocycles. The van der Waals surface area contributed by atoms with Gasteiger partial charge in [0.2, 0.25) is 11.7 Å². The number of amides is 1. The molecule has 7 heteroatoms. The number of carbonyl (C=O) groups excluding carboxylic acids is 1. The van der Waals surface area contributed by atoms with E-state index in [9.17, 15) is 9.59 Å². The molecule has 1 fully saturated rings. The van der Waals surface area contributed by atoms with Crippen molar-refractivity contribution < 1.29 is 23.8 Å². The molecule has 126 valence electrons. The minimum absolute atomic E-state index is 0.145. The average Bonchev–Trinajstić information content (AvgIpc) is 2.97. The number of benzene rings is 1. The van der Waals surface area contributed by atoms with E-state index in [1.54, 1.807) is 6.92 Å². The number of aryl methyl sites for hydroxylation is 1. The van der Waals surface area contributed by atoms with Crippen molar-refractivity contribution in [2.24, 2.45) is 0 Å². The van der Waals surface area contributed by atoms with E-state index < -0.39 is 12.0 Å². The predicted octanol–water partition coefficient (Wildman–Crippen LogP) is 1.97. The van der Waals surface area contributed by atoms with Crippen LogP contribution < -0.4 is 0 Å². The molecule has 1 aromatic heterocycles. The Morgan fingerprint density at radius 1 is 1.33 bits per heavy atom. The third-order valence-electron chi connectivity index (χ3n) is 3.91. The van der Waals surface area contributed by atoms with E-state index >= 15 is 0 Å². The fourth-order valence-corrected chi connectivity index (χ4v) is 2.72. The molecule has 1 N–H and O–H groups in total. The number of hydrogen-bond acceptors (Lipinski definition) is 5. The van der Waals surface area contributed by atoms with Gasteiger partial charge in [0.15, 0.2) is 0 Å². The van der Waals surface area contributed by atoms with Gasteiger partial charge in [-0.15, -0.1) is 0 Å². The van der Waals surface area contributed by atoms with Gasteiger partial charge in [0.25, 0.3) is 5.91 Å². The van der Waals surface area contributed by atoms with Crippen molar-refractivity contribution in [3.63, 3.8) is 0 Å². The summed E-state index contributed by atoms with van der Waals surface area (Å²) in [5.41, 5.74) is 1.27. The lowest BCUT2D eigenvalue weighted by Crippen LogP contribution is -2.49. The number of carbonyl (C=O) groups is 2. The molecule has 3 rings (SSSR count). The number of hydrogen-bond donors (Lipinski definition) is 1. The topological polar surface area (TPSA) is 92.9 Å². The van der Waals surface area contributed by atoms with Crippen molar-refractivity contribution in [3.05, 3.63) is 41.8 Å². The van der Waals surface area contributed by atoms with E-state index in [1.807, 2.05) is 30.3 Å². The van der Waals surface area contributed by atoms with Gasteiger partial charge in [-0.3, -0.25) is 9.59 Å². The molecule has 0 bridgehead atoms. The summed E-state index contributed by atoms with van der Waals surface area (Å²) in [4.78, 5) is 29.6. The van der Waals surface area contributed by atoms with Gasteiger partial charge in [0.05, 0.1) is 31.4 Å². The SMILES string of the molecule is Cc1nc(-c2ccccc2)oc1C(=O)N1CCOCC1CC(=O)O. The fourth-order valence-electron chi connectivity index (χ4n) is 2.72. The minimum atomic E-state index is -0.970. The van der Waals surface area contributed by atoms with Gasteiger partial charge in [-0.25, -0.2) is 4.98 Å². The second-order valence-electron chi connectivity index (χ2n) is 5.62. The molecular weight excluding hydrogens is 312 g/mol. The Morgan fingerprint density at radius 2 is 2.08 bits per heavy atom. The van der Waals surface area contributed by atoms with Gasteiger partial charge in [0, 0.05) is 12.1 Å². The van der Waals surface area contributed by atoms with Crippen LogP contribution in [0.1, 0.15) is 22.7 Å². The highest BCUT2D eigenvalue weighted by molar-refractivity contribution is 5.93. The number of carboxylic acids is 1. The van der Waals surface area contributed by atoms with Crippen molar-refractivity contribution in [2.45, 2.75) is 19.4 Å². The largest absolute Gasteiger partial charge is 0.481 e. The van der Waals surface area contributed by atoms with Crippen LogP contribution in [-0.4, -0.2) is 52.7 Å². The van der Waals surface area contributed by atoms with Crippen LogP contribution in [0.5, 0.6) is 0 Å². The number of morpholine rings is 1. The number of aromatic nitrogens is 1. The molecule has 0 saturated carbocycles. The van der Waals surface area contributed by atoms with Crippen molar-refractivity contribution in [1.29, 1.82) is 0 Å². The Balaban J connectivity index is 1.86. The quantitative estimate of drug-likeness (QED) is 0.921. The second-order valence-corrected chi connectivity index (χ2v) is 5.62. The first-order valence-corrected chi connectivity index (χ1v) is 7.69. The summed E-state index contributed by atoms with van der Waals surface area (Å²) in [7, 11) is 0. The molecule has 1 unspecified atom stereocenters. The minimum Gasteiger partial charge on any atom is -0.481 e. The molecule has 0 aliphatic carbocycles. The molecule has 1 amide bonds. The molecule has 7 nitrogen and oxygen atoms in total. The molecule has 0 spiro atoms. The first-order chi connectivity index (χ1) is 11.6. The molecule has 1 aromatic carbocycles. The number of nitrogens with zero attached hydrogens (tertiary/aromatic N) is 2. The van der Waals surface area contributed by atoms with Crippen LogP contribution in [0.2, 0.25) is 0 Å². The fraction of sp³-hybridized carbons (Fsp3) is 0.353. The summed E-state index contributed by atoms with van der Waals surface area (Å²) in [6.45, 7) is 2.62. The van der Waals surface area contributed by atoms with E-state index in [2.05, 4.69) is 4.98 Å². The average molecular weight is 330 g/mol. The summed E-state index contributed by atoms with van der Waals surface area (Å²) < 4.78 is 11.0. The Kier molecular flexibility index (Phi) is 4.61. The summed E-state index contributed by atoms with van der Waals surface area (Å²) in [5, 5.41) is 9.01. The van der Waals surface area contributed by atoms with Gasteiger partial charge < -0.3 is 19.2 Å². The molecule has 1 atom stereocenters. The predicted molar refractivity (Wildman–Crippen MR) is 84.6 cm³/mol. The molecule has 24 heavy (non-hydrogen) atoms. The maximum absolute atomic E-state index is 12.8. The Labute approximate surface area is 138 Å². The summed E-state index contributed by atoms with van der Waals surface area (Å²) in [5.74, 6) is -0.801. The normalized spacial score (nSPS) is 17.7. The zero-order valence-electron chi connectivity index (χ0n) is 13.3. The van der Waals surface area contributed by atoms with Crippen LogP contribution in [0.15, 0.2) is 34.7 Å². The number of oxazole rings is 1. The lowest BCUT2D eigenvalue weighted by Gasteiger charge is -2.34. The van der Waals surface area contributed by atoms with E-state index in [4.69, 9.17) is 14.3 Å². The Bertz CT molecular complexity index is 741. The van der Waals surface area contributed by atoms with Gasteiger partial charge in [-0.2, -0.15) is 0 Å². The number of rotatable bonds is 4. The lowest BCUT2D eigenvalue weighted by atomic mass is 10.1. The Hall–Kier alpha value is -2.67. The van der Waals surface area contributed by atoms with Crippen LogP contribution in [0.4, 0.5) is 0 Å². The highest BCUT2D eigenvalue weighted by atomic mass is 16.5. The van der Waals surface area contributed by atoms with Crippen molar-refractivity contribution >= 4 is 11.9 Å². The highest BCUT2D eigenvalue weighted by Crippen LogP contribution is 2.24. The second kappa shape index (κ2) is 6.84. The highest BCUT2D eigenvalue weighted by Gasteiger charge is 2.32. The standard InChI is InChI=1S/C17H18N2O5/c1-11-15(24-16(18-11)12-5-3-2-4-6-12)17(22)19-7-8-23-10-13(19)9-14(20)21/h2-6,13H,7-10H2,1H3,(H,20,21). The van der Waals surface area contributed by atoms with Gasteiger partial charge in [0.1, 0.15) is 0 Å². The van der Waals surface area contributed by atoms with Gasteiger partial charge in [-0.1, -0.05) is 18.2 Å². The lowest BCUT2D eigenvalue weighted by molar-refractivity contribution is -0.139. The first-order valence-electron chi connectivity index (χ1n) is 7.69. The van der Waals surface area contributed by atoms with Gasteiger partial charge >= 0.3 is 5.97 Å². The van der Waals surface area contributed by atoms with E-state index in [0.29, 0.717) is 24.7 Å². The molecule has 2 aromatic rings. The summed E-state index contributed by atoms with van der Waals surface area (Å²) in [6.07, 6.45) is -0.162. The maximum atomic E-state index is 12.8. The zero-order valence-corrected chi connectivity index (χ0v) is 13.3.